The molecule has 2 rings (SSSR count). The lowest BCUT2D eigenvalue weighted by Gasteiger charge is -2.06. The van der Waals surface area contributed by atoms with Crippen molar-refractivity contribution < 1.29 is 0 Å². The highest BCUT2D eigenvalue weighted by Crippen LogP contribution is 2.30. The van der Waals surface area contributed by atoms with Gasteiger partial charge in [-0.3, -0.25) is 0 Å². The smallest absolute Gasteiger partial charge is 0.0912 e. The number of benzene rings is 2. The van der Waals surface area contributed by atoms with E-state index in [4.69, 9.17) is 28.5 Å². The maximum Gasteiger partial charge on any atom is 0.0912 e. The lowest BCUT2D eigenvalue weighted by atomic mass is 10.0. The summed E-state index contributed by atoms with van der Waals surface area (Å²) in [5.74, 6) is 0. The van der Waals surface area contributed by atoms with Crippen molar-refractivity contribution >= 4 is 29.3 Å². The molecule has 0 spiro atoms. The van der Waals surface area contributed by atoms with Crippen LogP contribution in [0.3, 0.4) is 0 Å². The summed E-state index contributed by atoms with van der Waals surface area (Å²) in [4.78, 5) is 0. The molecule has 0 atom stereocenters. The van der Waals surface area contributed by atoms with Gasteiger partial charge in [0, 0.05) is 21.7 Å². The molecule has 0 amide bonds. The van der Waals surface area contributed by atoms with Crippen LogP contribution in [0.5, 0.6) is 0 Å². The van der Waals surface area contributed by atoms with E-state index in [0.717, 1.165) is 16.7 Å². The predicted octanol–water partition coefficient (Wildman–Crippen LogP) is 5.20. The normalized spacial score (nSPS) is 10.5. The number of nitriles is 1. The second-order valence-corrected chi connectivity index (χ2v) is 4.56. The highest BCUT2D eigenvalue weighted by atomic mass is 35.5. The zero-order valence-corrected chi connectivity index (χ0v) is 10.9. The van der Waals surface area contributed by atoms with E-state index in [9.17, 15) is 0 Å². The maximum atomic E-state index is 8.52. The van der Waals surface area contributed by atoms with E-state index in [1.54, 1.807) is 6.08 Å². The molecule has 0 radical (unpaired) electrons. The molecule has 0 bridgehead atoms. The van der Waals surface area contributed by atoms with Gasteiger partial charge in [-0.1, -0.05) is 41.4 Å². The third kappa shape index (κ3) is 2.92. The van der Waals surface area contributed by atoms with Gasteiger partial charge in [0.15, 0.2) is 0 Å². The van der Waals surface area contributed by atoms with E-state index in [2.05, 4.69) is 0 Å². The van der Waals surface area contributed by atoms with Crippen LogP contribution in [-0.4, -0.2) is 0 Å². The number of nitrogens with zero attached hydrogens (tertiary/aromatic N) is 1. The number of hydrogen-bond acceptors (Lipinski definition) is 1. The molecule has 0 fully saturated rings. The molecule has 0 saturated heterocycles. The minimum absolute atomic E-state index is 0.659. The SMILES string of the molecule is N#C/C=C\c1ccc(Cl)c(-c2cccc(Cl)c2)c1. The van der Waals surface area contributed by atoms with Crippen LogP contribution in [0.25, 0.3) is 17.2 Å². The predicted molar refractivity (Wildman–Crippen MR) is 76.5 cm³/mol. The summed E-state index contributed by atoms with van der Waals surface area (Å²) < 4.78 is 0. The van der Waals surface area contributed by atoms with E-state index < -0.39 is 0 Å². The minimum Gasteiger partial charge on any atom is -0.193 e. The van der Waals surface area contributed by atoms with Crippen LogP contribution in [-0.2, 0) is 0 Å². The Morgan fingerprint density at radius 3 is 2.61 bits per heavy atom. The molecule has 88 valence electrons. The van der Waals surface area contributed by atoms with Gasteiger partial charge in [-0.2, -0.15) is 5.26 Å². The average molecular weight is 274 g/mol. The fourth-order valence-corrected chi connectivity index (χ4v) is 2.07. The van der Waals surface area contributed by atoms with Crippen LogP contribution in [0.4, 0.5) is 0 Å². The zero-order valence-electron chi connectivity index (χ0n) is 9.40. The van der Waals surface area contributed by atoms with Crippen LogP contribution in [0.2, 0.25) is 10.0 Å². The minimum atomic E-state index is 0.659. The summed E-state index contributed by atoms with van der Waals surface area (Å²) in [5, 5.41) is 9.85. The Bertz CT molecular complexity index is 639. The van der Waals surface area contributed by atoms with Crippen molar-refractivity contribution in [1.29, 1.82) is 5.26 Å². The average Bonchev–Trinajstić information content (AvgIpc) is 2.38. The van der Waals surface area contributed by atoms with Gasteiger partial charge in [0.2, 0.25) is 0 Å². The third-order valence-corrected chi connectivity index (χ3v) is 3.04. The first kappa shape index (κ1) is 12.7. The van der Waals surface area contributed by atoms with Gasteiger partial charge in [0.05, 0.1) is 6.07 Å². The van der Waals surface area contributed by atoms with Gasteiger partial charge in [0.1, 0.15) is 0 Å². The Labute approximate surface area is 116 Å². The Balaban J connectivity index is 2.50. The second-order valence-electron chi connectivity index (χ2n) is 3.71. The molecule has 0 aliphatic carbocycles. The van der Waals surface area contributed by atoms with E-state index >= 15 is 0 Å². The van der Waals surface area contributed by atoms with Crippen LogP contribution in [0.15, 0.2) is 48.5 Å². The topological polar surface area (TPSA) is 23.8 Å². The van der Waals surface area contributed by atoms with Crippen LogP contribution >= 0.6 is 23.2 Å². The number of halogens is 2. The lowest BCUT2D eigenvalue weighted by Crippen LogP contribution is -1.82. The van der Waals surface area contributed by atoms with Crippen LogP contribution < -0.4 is 0 Å². The molecule has 0 aliphatic rings. The first-order valence-electron chi connectivity index (χ1n) is 5.32. The molecule has 0 heterocycles. The molecule has 0 saturated carbocycles. The Kier molecular flexibility index (Phi) is 4.04. The van der Waals surface area contributed by atoms with Crippen molar-refractivity contribution in [2.45, 2.75) is 0 Å². The third-order valence-electron chi connectivity index (χ3n) is 2.48. The van der Waals surface area contributed by atoms with Crippen molar-refractivity contribution in [3.8, 4) is 17.2 Å². The molecule has 1 nitrogen and oxygen atoms in total. The molecular weight excluding hydrogens is 265 g/mol. The number of allylic oxidation sites excluding steroid dienone is 1. The van der Waals surface area contributed by atoms with Crippen molar-refractivity contribution in [1.82, 2.24) is 0 Å². The molecule has 0 N–H and O–H groups in total. The summed E-state index contributed by atoms with van der Waals surface area (Å²) in [5.41, 5.74) is 2.79. The van der Waals surface area contributed by atoms with Crippen molar-refractivity contribution in [2.24, 2.45) is 0 Å². The largest absolute Gasteiger partial charge is 0.193 e. The molecule has 0 aliphatic heterocycles. The highest BCUT2D eigenvalue weighted by molar-refractivity contribution is 6.34. The first-order chi connectivity index (χ1) is 8.70. The van der Waals surface area contributed by atoms with Gasteiger partial charge < -0.3 is 0 Å². The van der Waals surface area contributed by atoms with Crippen molar-refractivity contribution in [2.75, 3.05) is 0 Å². The van der Waals surface area contributed by atoms with Gasteiger partial charge in [0.25, 0.3) is 0 Å². The van der Waals surface area contributed by atoms with E-state index in [1.165, 1.54) is 6.08 Å². The zero-order chi connectivity index (χ0) is 13.0. The molecule has 0 unspecified atom stereocenters. The highest BCUT2D eigenvalue weighted by Gasteiger charge is 2.04. The van der Waals surface area contributed by atoms with Gasteiger partial charge in [-0.25, -0.2) is 0 Å². The first-order valence-corrected chi connectivity index (χ1v) is 6.08. The molecule has 2 aromatic rings. The fraction of sp³-hybridized carbons (Fsp3) is 0. The Morgan fingerprint density at radius 2 is 1.89 bits per heavy atom. The quantitative estimate of drug-likeness (QED) is 0.690. The monoisotopic (exact) mass is 273 g/mol. The van der Waals surface area contributed by atoms with Crippen molar-refractivity contribution in [3.63, 3.8) is 0 Å². The van der Waals surface area contributed by atoms with Gasteiger partial charge >= 0.3 is 0 Å². The van der Waals surface area contributed by atoms with E-state index in [0.29, 0.717) is 10.0 Å². The number of hydrogen-bond donors (Lipinski definition) is 0. The molecular formula is C15H9Cl2N. The molecule has 3 heteroatoms. The second kappa shape index (κ2) is 5.73. The number of rotatable bonds is 2. The Hall–Kier alpha value is -1.75. The van der Waals surface area contributed by atoms with E-state index in [-0.39, 0.29) is 0 Å². The summed E-state index contributed by atoms with van der Waals surface area (Å²) >= 11 is 12.2. The lowest BCUT2D eigenvalue weighted by molar-refractivity contribution is 1.53. The van der Waals surface area contributed by atoms with E-state index in [1.807, 2.05) is 48.5 Å². The Morgan fingerprint density at radius 1 is 1.06 bits per heavy atom. The molecule has 2 aromatic carbocycles. The summed E-state index contributed by atoms with van der Waals surface area (Å²) in [6, 6.07) is 15.1. The van der Waals surface area contributed by atoms with Gasteiger partial charge in [-0.15, -0.1) is 0 Å². The standard InChI is InChI=1S/C15H9Cl2N/c16-13-5-1-4-12(10-13)14-9-11(3-2-8-18)6-7-15(14)17/h1-7,9-10H/b3-2-. The molecule has 18 heavy (non-hydrogen) atoms. The van der Waals surface area contributed by atoms with Gasteiger partial charge in [-0.05, 0) is 41.5 Å². The summed E-state index contributed by atoms with van der Waals surface area (Å²) in [6.45, 7) is 0. The maximum absolute atomic E-state index is 8.52. The summed E-state index contributed by atoms with van der Waals surface area (Å²) in [7, 11) is 0. The summed E-state index contributed by atoms with van der Waals surface area (Å²) in [6.07, 6.45) is 3.18. The van der Waals surface area contributed by atoms with Crippen LogP contribution in [0, 0.1) is 11.3 Å². The van der Waals surface area contributed by atoms with Crippen LogP contribution in [0.1, 0.15) is 5.56 Å². The molecule has 0 aromatic heterocycles. The van der Waals surface area contributed by atoms with Crippen molar-refractivity contribution in [3.05, 3.63) is 64.1 Å². The fourth-order valence-electron chi connectivity index (χ4n) is 1.66.